The molecule has 0 N–H and O–H groups in total. The van der Waals surface area contributed by atoms with Crippen molar-refractivity contribution >= 4 is 18.0 Å². The molecule has 0 heterocycles. The standard InChI is InChI=1S/C21H22F6O4/c1-4-30-17(28)19(18(29)31-5-2)10-12(3)14(11-19)6-13-7-15(20(22,23)24)9-16(8-13)21(25,26)27/h6-9,12H,4-5,10-11H2,1-3H3/b14-6-. The number of carbonyl (C=O) groups excluding carboxylic acids is 2. The number of alkyl halides is 6. The third-order valence-electron chi connectivity index (χ3n) is 5.09. The summed E-state index contributed by atoms with van der Waals surface area (Å²) in [4.78, 5) is 25.1. The molecule has 1 fully saturated rings. The van der Waals surface area contributed by atoms with Gasteiger partial charge in [-0.1, -0.05) is 18.6 Å². The van der Waals surface area contributed by atoms with Crippen LogP contribution in [0.4, 0.5) is 26.3 Å². The van der Waals surface area contributed by atoms with Gasteiger partial charge in [0.2, 0.25) is 0 Å². The molecule has 0 bridgehead atoms. The first-order chi connectivity index (χ1) is 14.2. The lowest BCUT2D eigenvalue weighted by Gasteiger charge is -2.24. The van der Waals surface area contributed by atoms with E-state index in [1.807, 2.05) is 0 Å². The number of ether oxygens (including phenoxy) is 2. The van der Waals surface area contributed by atoms with Crippen molar-refractivity contribution in [2.75, 3.05) is 13.2 Å². The average Bonchev–Trinajstić information content (AvgIpc) is 2.98. The highest BCUT2D eigenvalue weighted by Gasteiger charge is 2.54. The van der Waals surface area contributed by atoms with E-state index in [2.05, 4.69) is 0 Å². The van der Waals surface area contributed by atoms with Crippen molar-refractivity contribution in [1.29, 1.82) is 0 Å². The van der Waals surface area contributed by atoms with Gasteiger partial charge >= 0.3 is 24.3 Å². The second-order valence-electron chi connectivity index (χ2n) is 7.36. The van der Waals surface area contributed by atoms with Gasteiger partial charge in [0, 0.05) is 0 Å². The molecule has 1 atom stereocenters. The lowest BCUT2D eigenvalue weighted by Crippen LogP contribution is -2.40. The van der Waals surface area contributed by atoms with Gasteiger partial charge in [-0.3, -0.25) is 9.59 Å². The van der Waals surface area contributed by atoms with Crippen LogP contribution in [-0.4, -0.2) is 25.2 Å². The third kappa shape index (κ3) is 5.40. The number of esters is 2. The minimum absolute atomic E-state index is 0.00398. The van der Waals surface area contributed by atoms with E-state index in [0.717, 1.165) is 6.08 Å². The highest BCUT2D eigenvalue weighted by atomic mass is 19.4. The summed E-state index contributed by atoms with van der Waals surface area (Å²) in [7, 11) is 0. The lowest BCUT2D eigenvalue weighted by atomic mass is 9.85. The number of rotatable bonds is 5. The Labute approximate surface area is 175 Å². The van der Waals surface area contributed by atoms with Gasteiger partial charge in [0.05, 0.1) is 24.3 Å². The normalized spacial score (nSPS) is 20.0. The van der Waals surface area contributed by atoms with Gasteiger partial charge in [0.1, 0.15) is 0 Å². The first-order valence-corrected chi connectivity index (χ1v) is 9.59. The van der Waals surface area contributed by atoms with Gasteiger partial charge in [-0.2, -0.15) is 26.3 Å². The first kappa shape index (κ1) is 24.7. The maximum atomic E-state index is 13.1. The van der Waals surface area contributed by atoms with Gasteiger partial charge in [0.15, 0.2) is 5.41 Å². The van der Waals surface area contributed by atoms with Crippen molar-refractivity contribution in [2.24, 2.45) is 11.3 Å². The molecule has 1 aliphatic carbocycles. The second kappa shape index (κ2) is 8.92. The minimum atomic E-state index is -4.98. The SMILES string of the molecule is CCOC(=O)C1(C(=O)OCC)C/C(=C/c2cc(C(F)(F)F)cc(C(F)(F)F)c2)C(C)C1. The molecule has 0 saturated heterocycles. The molecular weight excluding hydrogens is 430 g/mol. The molecule has 1 aromatic rings. The zero-order chi connectivity index (χ0) is 23.6. The van der Waals surface area contributed by atoms with E-state index in [1.165, 1.54) is 0 Å². The molecular formula is C21H22F6O4. The Morgan fingerprint density at radius 2 is 1.42 bits per heavy atom. The molecule has 172 valence electrons. The first-order valence-electron chi connectivity index (χ1n) is 9.59. The van der Waals surface area contributed by atoms with E-state index in [-0.39, 0.29) is 37.7 Å². The molecule has 1 aliphatic rings. The van der Waals surface area contributed by atoms with Gasteiger partial charge in [-0.05, 0) is 56.4 Å². The Bertz CT molecular complexity index is 819. The van der Waals surface area contributed by atoms with Crippen molar-refractivity contribution in [2.45, 2.75) is 46.0 Å². The zero-order valence-electron chi connectivity index (χ0n) is 17.1. The molecule has 0 aliphatic heterocycles. The number of halogens is 6. The molecule has 0 spiro atoms. The molecule has 10 heteroatoms. The Kier molecular flexibility index (Phi) is 7.12. The zero-order valence-corrected chi connectivity index (χ0v) is 17.1. The lowest BCUT2D eigenvalue weighted by molar-refractivity contribution is -0.171. The van der Waals surface area contributed by atoms with Crippen LogP contribution in [0.3, 0.4) is 0 Å². The predicted octanol–water partition coefficient (Wildman–Crippen LogP) is 5.65. The Balaban J connectivity index is 2.54. The highest BCUT2D eigenvalue weighted by Crippen LogP contribution is 2.48. The Hall–Kier alpha value is -2.52. The van der Waals surface area contributed by atoms with Crippen molar-refractivity contribution in [3.63, 3.8) is 0 Å². The predicted molar refractivity (Wildman–Crippen MR) is 98.5 cm³/mol. The van der Waals surface area contributed by atoms with Crippen molar-refractivity contribution in [3.05, 3.63) is 40.5 Å². The summed E-state index contributed by atoms with van der Waals surface area (Å²) in [5.74, 6) is -2.13. The fourth-order valence-electron chi connectivity index (χ4n) is 3.65. The summed E-state index contributed by atoms with van der Waals surface area (Å²) in [6, 6.07) is 1.25. The number of hydrogen-bond acceptors (Lipinski definition) is 4. The van der Waals surface area contributed by atoms with E-state index < -0.39 is 46.8 Å². The van der Waals surface area contributed by atoms with Gasteiger partial charge in [-0.25, -0.2) is 0 Å². The van der Waals surface area contributed by atoms with Gasteiger partial charge in [0.25, 0.3) is 0 Å². The molecule has 4 nitrogen and oxygen atoms in total. The maximum Gasteiger partial charge on any atom is 0.416 e. The Morgan fingerprint density at radius 1 is 0.968 bits per heavy atom. The smallest absolute Gasteiger partial charge is 0.416 e. The summed E-state index contributed by atoms with van der Waals surface area (Å²) in [5, 5.41) is 0. The third-order valence-corrected chi connectivity index (χ3v) is 5.09. The van der Waals surface area contributed by atoms with Crippen LogP contribution in [0, 0.1) is 11.3 Å². The van der Waals surface area contributed by atoms with Gasteiger partial charge < -0.3 is 9.47 Å². The topological polar surface area (TPSA) is 52.6 Å². The fourth-order valence-corrected chi connectivity index (χ4v) is 3.65. The summed E-state index contributed by atoms with van der Waals surface area (Å²) in [6.45, 7) is 4.72. The van der Waals surface area contributed by atoms with Crippen molar-refractivity contribution < 1.29 is 45.4 Å². The van der Waals surface area contributed by atoms with E-state index in [4.69, 9.17) is 9.47 Å². The van der Waals surface area contributed by atoms with Gasteiger partial charge in [-0.15, -0.1) is 0 Å². The molecule has 0 amide bonds. The fraction of sp³-hybridized carbons (Fsp3) is 0.524. The van der Waals surface area contributed by atoms with Crippen LogP contribution >= 0.6 is 0 Å². The molecule has 0 radical (unpaired) electrons. The van der Waals surface area contributed by atoms with E-state index in [0.29, 0.717) is 17.7 Å². The molecule has 0 aromatic heterocycles. The largest absolute Gasteiger partial charge is 0.465 e. The van der Waals surface area contributed by atoms with E-state index in [1.54, 1.807) is 20.8 Å². The van der Waals surface area contributed by atoms with E-state index >= 15 is 0 Å². The van der Waals surface area contributed by atoms with Crippen LogP contribution in [0.25, 0.3) is 6.08 Å². The minimum Gasteiger partial charge on any atom is -0.465 e. The van der Waals surface area contributed by atoms with Crippen LogP contribution in [0.15, 0.2) is 23.8 Å². The molecule has 1 unspecified atom stereocenters. The summed E-state index contributed by atoms with van der Waals surface area (Å²) >= 11 is 0. The molecule has 1 aromatic carbocycles. The van der Waals surface area contributed by atoms with Crippen molar-refractivity contribution in [3.8, 4) is 0 Å². The number of allylic oxidation sites excluding steroid dienone is 1. The number of benzene rings is 1. The Morgan fingerprint density at radius 3 is 1.81 bits per heavy atom. The molecule has 31 heavy (non-hydrogen) atoms. The summed E-state index contributed by atoms with van der Waals surface area (Å²) in [5.41, 5.74) is -4.55. The monoisotopic (exact) mass is 452 g/mol. The van der Waals surface area contributed by atoms with Crippen LogP contribution < -0.4 is 0 Å². The summed E-state index contributed by atoms with van der Waals surface area (Å²) < 4.78 is 88.7. The van der Waals surface area contributed by atoms with Crippen LogP contribution in [-0.2, 0) is 31.4 Å². The van der Waals surface area contributed by atoms with Crippen molar-refractivity contribution in [1.82, 2.24) is 0 Å². The highest BCUT2D eigenvalue weighted by molar-refractivity contribution is 6.01. The second-order valence-corrected chi connectivity index (χ2v) is 7.36. The maximum absolute atomic E-state index is 13.1. The molecule has 1 saturated carbocycles. The quantitative estimate of drug-likeness (QED) is 0.329. The molecule has 2 rings (SSSR count). The average molecular weight is 452 g/mol. The number of carbonyl (C=O) groups is 2. The van der Waals surface area contributed by atoms with Crippen LogP contribution in [0.2, 0.25) is 0 Å². The summed E-state index contributed by atoms with van der Waals surface area (Å²) in [6.07, 6.45) is -9.04. The van der Waals surface area contributed by atoms with Crippen LogP contribution in [0.1, 0.15) is 50.3 Å². The number of hydrogen-bond donors (Lipinski definition) is 0. The van der Waals surface area contributed by atoms with Crippen LogP contribution in [0.5, 0.6) is 0 Å². The van der Waals surface area contributed by atoms with E-state index in [9.17, 15) is 35.9 Å².